The van der Waals surface area contributed by atoms with E-state index in [1.807, 2.05) is 12.1 Å². The highest BCUT2D eigenvalue weighted by Gasteiger charge is 2.29. The molecule has 20 heavy (non-hydrogen) atoms. The lowest BCUT2D eigenvalue weighted by Gasteiger charge is -2.10. The van der Waals surface area contributed by atoms with Gasteiger partial charge in [0.15, 0.2) is 5.96 Å². The Balaban J connectivity index is 2.09. The van der Waals surface area contributed by atoms with Gasteiger partial charge in [0.1, 0.15) is 6.04 Å². The highest BCUT2D eigenvalue weighted by Crippen LogP contribution is 2.20. The second-order valence-corrected chi connectivity index (χ2v) is 5.97. The number of rotatable bonds is 4. The molecule has 2 rings (SSSR count). The van der Waals surface area contributed by atoms with E-state index in [4.69, 9.17) is 0 Å². The van der Waals surface area contributed by atoms with E-state index >= 15 is 0 Å². The first-order chi connectivity index (χ1) is 9.47. The van der Waals surface area contributed by atoms with Crippen LogP contribution in [0.2, 0.25) is 0 Å². The first-order valence-corrected chi connectivity index (χ1v) is 7.19. The van der Waals surface area contributed by atoms with Gasteiger partial charge in [-0.3, -0.25) is 15.1 Å². The highest BCUT2D eigenvalue weighted by atomic mass is 16.2. The molecule has 1 unspecified atom stereocenters. The van der Waals surface area contributed by atoms with Crippen LogP contribution < -0.4 is 10.6 Å². The smallest absolute Gasteiger partial charge is 0.253 e. The molecule has 0 aliphatic carbocycles. The Morgan fingerprint density at radius 2 is 1.80 bits per heavy atom. The van der Waals surface area contributed by atoms with Crippen LogP contribution in [-0.4, -0.2) is 18.4 Å². The van der Waals surface area contributed by atoms with Crippen molar-refractivity contribution in [2.24, 2.45) is 10.9 Å². The summed E-state index contributed by atoms with van der Waals surface area (Å²) in [7, 11) is 0. The normalized spacial score (nSPS) is 20.6. The Hall–Kier alpha value is -1.84. The summed E-state index contributed by atoms with van der Waals surface area (Å²) in [6, 6.07) is 7.86. The lowest BCUT2D eigenvalue weighted by Crippen LogP contribution is -2.26. The van der Waals surface area contributed by atoms with E-state index in [1.165, 1.54) is 5.56 Å². The molecule has 108 valence electrons. The third-order valence-corrected chi connectivity index (χ3v) is 3.34. The second kappa shape index (κ2) is 6.07. The molecule has 2 N–H and O–H groups in total. The quantitative estimate of drug-likeness (QED) is 0.886. The van der Waals surface area contributed by atoms with Crippen molar-refractivity contribution in [2.75, 3.05) is 6.54 Å². The largest absolute Gasteiger partial charge is 0.340 e. The van der Waals surface area contributed by atoms with Gasteiger partial charge in [0.05, 0.1) is 0 Å². The van der Waals surface area contributed by atoms with Crippen LogP contribution in [0.3, 0.4) is 0 Å². The van der Waals surface area contributed by atoms with Crippen LogP contribution in [0.5, 0.6) is 0 Å². The number of benzene rings is 1. The van der Waals surface area contributed by atoms with Crippen molar-refractivity contribution in [3.8, 4) is 0 Å². The standard InChI is InChI=1S/C16H23N3O/c1-10(2)9-17-16-18-14(15(20)19-16)13-7-5-12(6-8-13)11(3)4/h5-8,10-11,14H,9H2,1-4H3,(H2,17,18,19,20). The summed E-state index contributed by atoms with van der Waals surface area (Å²) in [4.78, 5) is 16.4. The van der Waals surface area contributed by atoms with E-state index in [1.54, 1.807) is 0 Å². The Morgan fingerprint density at radius 3 is 2.35 bits per heavy atom. The fourth-order valence-corrected chi connectivity index (χ4v) is 2.09. The molecule has 0 spiro atoms. The fourth-order valence-electron chi connectivity index (χ4n) is 2.09. The Labute approximate surface area is 120 Å². The summed E-state index contributed by atoms with van der Waals surface area (Å²) in [6.07, 6.45) is 0. The number of hydrogen-bond acceptors (Lipinski definition) is 2. The zero-order valence-electron chi connectivity index (χ0n) is 12.6. The number of nitrogens with one attached hydrogen (secondary N) is 2. The molecule has 1 aliphatic rings. The molecular formula is C16H23N3O. The number of amides is 1. The maximum atomic E-state index is 12.0. The molecule has 1 saturated heterocycles. The maximum Gasteiger partial charge on any atom is 0.253 e. The molecule has 4 heteroatoms. The topological polar surface area (TPSA) is 53.5 Å². The Morgan fingerprint density at radius 1 is 1.15 bits per heavy atom. The van der Waals surface area contributed by atoms with Crippen LogP contribution in [0.1, 0.15) is 50.8 Å². The van der Waals surface area contributed by atoms with Crippen molar-refractivity contribution in [2.45, 2.75) is 39.7 Å². The third kappa shape index (κ3) is 3.38. The molecule has 0 aromatic heterocycles. The predicted octanol–water partition coefficient (Wildman–Crippen LogP) is 2.58. The van der Waals surface area contributed by atoms with Crippen molar-refractivity contribution in [1.82, 2.24) is 10.6 Å². The zero-order chi connectivity index (χ0) is 14.7. The molecule has 0 bridgehead atoms. The summed E-state index contributed by atoms with van der Waals surface area (Å²) < 4.78 is 0. The van der Waals surface area contributed by atoms with Gasteiger partial charge in [-0.05, 0) is 23.0 Å². The van der Waals surface area contributed by atoms with Gasteiger partial charge in [0.25, 0.3) is 5.91 Å². The van der Waals surface area contributed by atoms with Crippen LogP contribution in [0, 0.1) is 5.92 Å². The van der Waals surface area contributed by atoms with E-state index in [0.717, 1.165) is 5.56 Å². The minimum absolute atomic E-state index is 0.0372. The summed E-state index contributed by atoms with van der Waals surface area (Å²) >= 11 is 0. The molecule has 1 aliphatic heterocycles. The molecule has 1 aromatic rings. The van der Waals surface area contributed by atoms with Crippen LogP contribution in [0.25, 0.3) is 0 Å². The molecular weight excluding hydrogens is 250 g/mol. The van der Waals surface area contributed by atoms with Crippen LogP contribution in [-0.2, 0) is 4.79 Å². The number of hydrogen-bond donors (Lipinski definition) is 2. The van der Waals surface area contributed by atoms with Gasteiger partial charge in [-0.25, -0.2) is 0 Å². The number of nitrogens with zero attached hydrogens (tertiary/aromatic N) is 1. The van der Waals surface area contributed by atoms with Crippen molar-refractivity contribution < 1.29 is 4.79 Å². The molecule has 1 atom stereocenters. The molecule has 1 aromatic carbocycles. The van der Waals surface area contributed by atoms with Gasteiger partial charge >= 0.3 is 0 Å². The lowest BCUT2D eigenvalue weighted by atomic mass is 9.99. The van der Waals surface area contributed by atoms with Crippen LogP contribution in [0.4, 0.5) is 0 Å². The highest BCUT2D eigenvalue weighted by molar-refractivity contribution is 6.06. The summed E-state index contributed by atoms with van der Waals surface area (Å²) in [6.45, 7) is 9.23. The minimum Gasteiger partial charge on any atom is -0.340 e. The molecule has 0 saturated carbocycles. The van der Waals surface area contributed by atoms with Crippen LogP contribution in [0.15, 0.2) is 29.3 Å². The van der Waals surface area contributed by atoms with E-state index < -0.39 is 0 Å². The average Bonchev–Trinajstić information content (AvgIpc) is 2.78. The third-order valence-electron chi connectivity index (χ3n) is 3.34. The van der Waals surface area contributed by atoms with Gasteiger partial charge < -0.3 is 5.32 Å². The minimum atomic E-state index is -0.331. The molecule has 1 heterocycles. The summed E-state index contributed by atoms with van der Waals surface area (Å²) in [5.74, 6) is 1.52. The van der Waals surface area contributed by atoms with Crippen LogP contribution >= 0.6 is 0 Å². The van der Waals surface area contributed by atoms with E-state index in [0.29, 0.717) is 24.3 Å². The SMILES string of the molecule is CC(C)CN=C1NC(=O)C(c2ccc(C(C)C)cc2)N1. The van der Waals surface area contributed by atoms with Gasteiger partial charge in [-0.15, -0.1) is 0 Å². The number of carbonyl (C=O) groups is 1. The zero-order valence-corrected chi connectivity index (χ0v) is 12.6. The van der Waals surface area contributed by atoms with E-state index in [-0.39, 0.29) is 11.9 Å². The van der Waals surface area contributed by atoms with Crippen molar-refractivity contribution in [1.29, 1.82) is 0 Å². The van der Waals surface area contributed by atoms with Crippen molar-refractivity contribution >= 4 is 11.9 Å². The van der Waals surface area contributed by atoms with E-state index in [9.17, 15) is 4.79 Å². The number of guanidine groups is 1. The van der Waals surface area contributed by atoms with Crippen molar-refractivity contribution in [3.63, 3.8) is 0 Å². The van der Waals surface area contributed by atoms with Gasteiger partial charge in [-0.2, -0.15) is 0 Å². The van der Waals surface area contributed by atoms with Crippen molar-refractivity contribution in [3.05, 3.63) is 35.4 Å². The maximum absolute atomic E-state index is 12.0. The molecule has 1 fully saturated rings. The lowest BCUT2D eigenvalue weighted by molar-refractivity contribution is -0.120. The average molecular weight is 273 g/mol. The summed E-state index contributed by atoms with van der Waals surface area (Å²) in [5, 5.41) is 5.95. The van der Waals surface area contributed by atoms with Gasteiger partial charge in [-0.1, -0.05) is 52.0 Å². The molecule has 1 amide bonds. The monoisotopic (exact) mass is 273 g/mol. The molecule has 4 nitrogen and oxygen atoms in total. The van der Waals surface area contributed by atoms with E-state index in [2.05, 4.69) is 55.5 Å². The Bertz CT molecular complexity index is 503. The number of carbonyl (C=O) groups excluding carboxylic acids is 1. The van der Waals surface area contributed by atoms with Gasteiger partial charge in [0, 0.05) is 6.54 Å². The summed E-state index contributed by atoms with van der Waals surface area (Å²) in [5.41, 5.74) is 2.25. The first kappa shape index (κ1) is 14.6. The second-order valence-electron chi connectivity index (χ2n) is 5.97. The van der Waals surface area contributed by atoms with Gasteiger partial charge in [0.2, 0.25) is 0 Å². The predicted molar refractivity (Wildman–Crippen MR) is 81.7 cm³/mol. The fraction of sp³-hybridized carbons (Fsp3) is 0.500. The Kier molecular flexibility index (Phi) is 4.42. The number of aliphatic imine (C=N–C) groups is 1. The first-order valence-electron chi connectivity index (χ1n) is 7.19. The molecule has 0 radical (unpaired) electrons.